The van der Waals surface area contributed by atoms with Crippen molar-refractivity contribution < 1.29 is 32.2 Å². The summed E-state index contributed by atoms with van der Waals surface area (Å²) in [5.74, 6) is -1.26. The molecule has 0 saturated heterocycles. The molecule has 0 N–H and O–H groups in total. The molecule has 146 valence electrons. The molecule has 24 heavy (non-hydrogen) atoms. The molecule has 0 radical (unpaired) electrons. The molecule has 0 fully saturated rings. The van der Waals surface area contributed by atoms with Crippen LogP contribution in [0.4, 0.5) is 0 Å². The summed E-state index contributed by atoms with van der Waals surface area (Å²) < 4.78 is 42.0. The predicted octanol–water partition coefficient (Wildman–Crippen LogP) is 2.74. The molecule has 7 nitrogen and oxygen atoms in total. The molecule has 0 spiro atoms. The molecule has 1 unspecified atom stereocenters. The Balaban J connectivity index is 6.43. The topological polar surface area (TPSA) is 64.6 Å². The van der Waals surface area contributed by atoms with Gasteiger partial charge in [0.1, 0.15) is 0 Å². The van der Waals surface area contributed by atoms with Gasteiger partial charge < -0.3 is 32.2 Å². The predicted molar refractivity (Wildman–Crippen MR) is 93.7 cm³/mol. The van der Waals surface area contributed by atoms with Gasteiger partial charge in [-0.1, -0.05) is 0 Å². The standard InChI is InChI=1S/C16H36O7Si/c1-9-18-15(7,17-8)16(19-10-2,20-11-3)24(21-12-4,22-13-5)23-14-6/h9-14H2,1-8H3. The fraction of sp³-hybridized carbons (Fsp3) is 1.00. The highest BCUT2D eigenvalue weighted by Gasteiger charge is 2.74. The van der Waals surface area contributed by atoms with Crippen LogP contribution in [0.1, 0.15) is 48.5 Å². The van der Waals surface area contributed by atoms with E-state index in [-0.39, 0.29) is 0 Å². The quantitative estimate of drug-likeness (QED) is 0.325. The number of rotatable bonds is 15. The Bertz CT molecular complexity index is 307. The van der Waals surface area contributed by atoms with E-state index in [1.165, 1.54) is 0 Å². The van der Waals surface area contributed by atoms with Crippen LogP contribution in [0.2, 0.25) is 0 Å². The van der Waals surface area contributed by atoms with E-state index in [4.69, 9.17) is 32.2 Å². The van der Waals surface area contributed by atoms with Gasteiger partial charge in [-0.05, 0) is 48.5 Å². The number of methoxy groups -OCH3 is 1. The fourth-order valence-corrected chi connectivity index (χ4v) is 6.04. The summed E-state index contributed by atoms with van der Waals surface area (Å²) in [6.45, 7) is 15.3. The van der Waals surface area contributed by atoms with Gasteiger partial charge in [0.05, 0.1) is 0 Å². The molecule has 0 heterocycles. The second-order valence-electron chi connectivity index (χ2n) is 4.92. The molecule has 0 bridgehead atoms. The summed E-state index contributed by atoms with van der Waals surface area (Å²) in [7, 11) is -1.96. The molecule has 1 atom stereocenters. The highest BCUT2D eigenvalue weighted by Crippen LogP contribution is 2.42. The zero-order valence-electron chi connectivity index (χ0n) is 16.6. The zero-order chi connectivity index (χ0) is 18.7. The minimum Gasteiger partial charge on any atom is -0.371 e. The van der Waals surface area contributed by atoms with Crippen LogP contribution in [0.3, 0.4) is 0 Å². The Labute approximate surface area is 148 Å². The summed E-state index contributed by atoms with van der Waals surface area (Å²) in [4.78, 5) is 0. The molecule has 0 aromatic heterocycles. The highest BCUT2D eigenvalue weighted by molar-refractivity contribution is 6.64. The van der Waals surface area contributed by atoms with Gasteiger partial charge in [-0.2, -0.15) is 0 Å². The lowest BCUT2D eigenvalue weighted by Gasteiger charge is -2.51. The maximum Gasteiger partial charge on any atom is 0.569 e. The second-order valence-corrected chi connectivity index (χ2v) is 7.56. The lowest BCUT2D eigenvalue weighted by molar-refractivity contribution is -0.379. The van der Waals surface area contributed by atoms with Crippen LogP contribution in [0.15, 0.2) is 0 Å². The molecule has 0 rings (SSSR count). The van der Waals surface area contributed by atoms with E-state index in [0.29, 0.717) is 39.6 Å². The largest absolute Gasteiger partial charge is 0.569 e. The third-order valence-electron chi connectivity index (χ3n) is 3.51. The molecule has 8 heteroatoms. The normalized spacial score (nSPS) is 15.5. The Morgan fingerprint density at radius 2 is 1.00 bits per heavy atom. The second kappa shape index (κ2) is 11.5. The van der Waals surface area contributed by atoms with Crippen molar-refractivity contribution in [1.29, 1.82) is 0 Å². The first-order valence-corrected chi connectivity index (χ1v) is 10.5. The summed E-state index contributed by atoms with van der Waals surface area (Å²) in [5, 5.41) is 0. The Morgan fingerprint density at radius 3 is 1.25 bits per heavy atom. The summed E-state index contributed by atoms with van der Waals surface area (Å²) in [6, 6.07) is 0. The summed E-state index contributed by atoms with van der Waals surface area (Å²) in [5.41, 5.74) is -1.45. The molecule has 0 aliphatic heterocycles. The van der Waals surface area contributed by atoms with Crippen molar-refractivity contribution in [3.63, 3.8) is 0 Å². The maximum atomic E-state index is 6.12. The third-order valence-corrected chi connectivity index (χ3v) is 7.06. The van der Waals surface area contributed by atoms with Crippen molar-refractivity contribution in [3.05, 3.63) is 0 Å². The van der Waals surface area contributed by atoms with Crippen LogP contribution in [0.5, 0.6) is 0 Å². The lowest BCUT2D eigenvalue weighted by Crippen LogP contribution is -2.77. The number of hydrogen-bond donors (Lipinski definition) is 0. The minimum atomic E-state index is -3.51. The van der Waals surface area contributed by atoms with Gasteiger partial charge in [0.2, 0.25) is 5.79 Å². The first kappa shape index (κ1) is 23.9. The molecule has 0 aromatic carbocycles. The Hall–Kier alpha value is -0.0631. The minimum absolute atomic E-state index is 0.355. The van der Waals surface area contributed by atoms with E-state index in [0.717, 1.165) is 0 Å². The van der Waals surface area contributed by atoms with Crippen molar-refractivity contribution in [2.75, 3.05) is 46.8 Å². The molecule has 0 aliphatic rings. The van der Waals surface area contributed by atoms with E-state index in [9.17, 15) is 0 Å². The van der Waals surface area contributed by atoms with Gasteiger partial charge in [-0.25, -0.2) is 0 Å². The average Bonchev–Trinajstić information content (AvgIpc) is 2.55. The van der Waals surface area contributed by atoms with Crippen LogP contribution in [-0.4, -0.2) is 66.8 Å². The molecule has 0 aromatic rings. The van der Waals surface area contributed by atoms with Crippen LogP contribution >= 0.6 is 0 Å². The van der Waals surface area contributed by atoms with Gasteiger partial charge in [0, 0.05) is 46.8 Å². The first-order valence-electron chi connectivity index (χ1n) is 8.81. The molecule has 0 saturated carbocycles. The van der Waals surface area contributed by atoms with E-state index in [1.807, 2.05) is 41.5 Å². The monoisotopic (exact) mass is 368 g/mol. The third kappa shape index (κ3) is 4.76. The van der Waals surface area contributed by atoms with E-state index >= 15 is 0 Å². The smallest absolute Gasteiger partial charge is 0.371 e. The van der Waals surface area contributed by atoms with Crippen LogP contribution in [0.25, 0.3) is 0 Å². The average molecular weight is 369 g/mol. The SMILES string of the molecule is CCOC(C)(OC)C(OCC)(OCC)[Si](OCC)(OCC)OCC. The van der Waals surface area contributed by atoms with E-state index in [2.05, 4.69) is 0 Å². The molecular weight excluding hydrogens is 332 g/mol. The molecule has 0 amide bonds. The van der Waals surface area contributed by atoms with Crippen molar-refractivity contribution in [2.24, 2.45) is 0 Å². The highest BCUT2D eigenvalue weighted by atomic mass is 28.4. The summed E-state index contributed by atoms with van der Waals surface area (Å²) in [6.07, 6.45) is 0. The molecule has 0 aliphatic carbocycles. The van der Waals surface area contributed by atoms with E-state index in [1.54, 1.807) is 14.0 Å². The van der Waals surface area contributed by atoms with Crippen molar-refractivity contribution >= 4 is 8.80 Å². The van der Waals surface area contributed by atoms with Gasteiger partial charge >= 0.3 is 8.80 Å². The van der Waals surface area contributed by atoms with Crippen molar-refractivity contribution in [2.45, 2.75) is 59.7 Å². The maximum absolute atomic E-state index is 6.12. The number of hydrogen-bond acceptors (Lipinski definition) is 7. The summed E-state index contributed by atoms with van der Waals surface area (Å²) >= 11 is 0. The van der Waals surface area contributed by atoms with Gasteiger partial charge in [0.25, 0.3) is 5.41 Å². The van der Waals surface area contributed by atoms with Crippen LogP contribution in [-0.2, 0) is 32.2 Å². The number of ether oxygens (including phenoxy) is 4. The van der Waals surface area contributed by atoms with Crippen LogP contribution in [0, 0.1) is 0 Å². The van der Waals surface area contributed by atoms with Crippen molar-refractivity contribution in [3.8, 4) is 0 Å². The van der Waals surface area contributed by atoms with Gasteiger partial charge in [-0.15, -0.1) is 0 Å². The molecular formula is C16H36O7Si. The first-order chi connectivity index (χ1) is 11.4. The fourth-order valence-electron chi connectivity index (χ4n) is 2.71. The van der Waals surface area contributed by atoms with Gasteiger partial charge in [0.15, 0.2) is 0 Å². The lowest BCUT2D eigenvalue weighted by atomic mass is 10.3. The van der Waals surface area contributed by atoms with Crippen molar-refractivity contribution in [1.82, 2.24) is 0 Å². The van der Waals surface area contributed by atoms with E-state index < -0.39 is 20.0 Å². The Morgan fingerprint density at radius 1 is 0.625 bits per heavy atom. The Kier molecular flexibility index (Phi) is 11.5. The van der Waals surface area contributed by atoms with Crippen LogP contribution < -0.4 is 0 Å². The zero-order valence-corrected chi connectivity index (χ0v) is 17.6. The van der Waals surface area contributed by atoms with Gasteiger partial charge in [-0.3, -0.25) is 0 Å².